The number of nitrogens with zero attached hydrogens (tertiary/aromatic N) is 3. The molecule has 5 rings (SSSR count). The van der Waals surface area contributed by atoms with Gasteiger partial charge in [0.25, 0.3) is 0 Å². The van der Waals surface area contributed by atoms with Crippen molar-refractivity contribution in [3.05, 3.63) is 45.4 Å². The van der Waals surface area contributed by atoms with Gasteiger partial charge in [0.2, 0.25) is 0 Å². The topological polar surface area (TPSA) is 49.3 Å². The minimum atomic E-state index is 0.0488. The molecule has 6 nitrogen and oxygen atoms in total. The van der Waals surface area contributed by atoms with Crippen LogP contribution in [0.3, 0.4) is 0 Å². The average molecular weight is 466 g/mol. The molecule has 1 N–H and O–H groups in total. The van der Waals surface area contributed by atoms with Crippen LogP contribution in [0, 0.1) is 0 Å². The van der Waals surface area contributed by atoms with Crippen molar-refractivity contribution < 1.29 is 9.47 Å². The van der Waals surface area contributed by atoms with Crippen LogP contribution >= 0.6 is 27.5 Å². The van der Waals surface area contributed by atoms with Crippen LogP contribution in [0.1, 0.15) is 24.8 Å². The van der Waals surface area contributed by atoms with Crippen molar-refractivity contribution in [3.63, 3.8) is 0 Å². The van der Waals surface area contributed by atoms with Crippen LogP contribution in [0.4, 0.5) is 5.69 Å². The zero-order chi connectivity index (χ0) is 19.5. The molecule has 2 fully saturated rings. The number of amidine groups is 1. The van der Waals surface area contributed by atoms with Gasteiger partial charge in [-0.25, -0.2) is 4.99 Å². The number of anilines is 1. The molecule has 0 aromatic heterocycles. The molecule has 0 radical (unpaired) electrons. The summed E-state index contributed by atoms with van der Waals surface area (Å²) in [5, 5.41) is 3.87. The fourth-order valence-corrected chi connectivity index (χ4v) is 5.33. The van der Waals surface area contributed by atoms with Gasteiger partial charge in [-0.15, -0.1) is 0 Å². The quantitative estimate of drug-likeness (QED) is 0.679. The predicted octanol–water partition coefficient (Wildman–Crippen LogP) is 4.17. The Morgan fingerprint density at radius 1 is 1.50 bits per heavy atom. The van der Waals surface area contributed by atoms with Crippen molar-refractivity contribution in [1.82, 2.24) is 9.80 Å². The van der Waals surface area contributed by atoms with E-state index < -0.39 is 0 Å². The van der Waals surface area contributed by atoms with Gasteiger partial charge in [-0.2, -0.15) is 0 Å². The zero-order valence-electron chi connectivity index (χ0n) is 15.7. The molecule has 1 aromatic rings. The molecule has 28 heavy (non-hydrogen) atoms. The van der Waals surface area contributed by atoms with Gasteiger partial charge < -0.3 is 19.7 Å². The van der Waals surface area contributed by atoms with E-state index in [2.05, 4.69) is 37.7 Å². The Balaban J connectivity index is 1.45. The number of rotatable bonds is 3. The first-order valence-corrected chi connectivity index (χ1v) is 10.6. The van der Waals surface area contributed by atoms with E-state index in [-0.39, 0.29) is 5.54 Å². The van der Waals surface area contributed by atoms with Gasteiger partial charge in [0.1, 0.15) is 24.9 Å². The fourth-order valence-electron chi connectivity index (χ4n) is 4.70. The Bertz CT molecular complexity index is 931. The summed E-state index contributed by atoms with van der Waals surface area (Å²) in [4.78, 5) is 9.05. The normalized spacial score (nSPS) is 26.0. The minimum absolute atomic E-state index is 0.0488. The van der Waals surface area contributed by atoms with Gasteiger partial charge in [-0.3, -0.25) is 4.90 Å². The Morgan fingerprint density at radius 2 is 2.36 bits per heavy atom. The average Bonchev–Trinajstić information content (AvgIpc) is 3.14. The van der Waals surface area contributed by atoms with E-state index in [1.54, 1.807) is 0 Å². The second kappa shape index (κ2) is 6.68. The van der Waals surface area contributed by atoms with Crippen molar-refractivity contribution >= 4 is 39.1 Å². The van der Waals surface area contributed by atoms with Crippen molar-refractivity contribution in [2.45, 2.75) is 24.8 Å². The molecule has 0 unspecified atom stereocenters. The SMILES string of the molecule is C=C1CN2CCC[C@@]2(COC2=CN(C)C3=NCNc4c(Cl)c(Br)cc(c43)O2)C1. The summed E-state index contributed by atoms with van der Waals surface area (Å²) >= 11 is 10.0. The number of ether oxygens (including phenoxy) is 2. The van der Waals surface area contributed by atoms with Gasteiger partial charge in [0.05, 0.1) is 28.0 Å². The summed E-state index contributed by atoms with van der Waals surface area (Å²) in [6.45, 7) is 7.34. The zero-order valence-corrected chi connectivity index (χ0v) is 18.1. The van der Waals surface area contributed by atoms with E-state index >= 15 is 0 Å². The maximum Gasteiger partial charge on any atom is 0.301 e. The molecule has 4 heterocycles. The number of hydrogen-bond acceptors (Lipinski definition) is 6. The lowest BCUT2D eigenvalue weighted by Gasteiger charge is -2.31. The third kappa shape index (κ3) is 2.83. The monoisotopic (exact) mass is 464 g/mol. The Labute approximate surface area is 178 Å². The number of fused-ring (bicyclic) bond motifs is 1. The molecule has 0 saturated carbocycles. The summed E-state index contributed by atoms with van der Waals surface area (Å²) in [6.07, 6.45) is 5.19. The molecule has 4 aliphatic heterocycles. The lowest BCUT2D eigenvalue weighted by atomic mass is 9.94. The van der Waals surface area contributed by atoms with Crippen LogP contribution in [-0.2, 0) is 4.74 Å². The van der Waals surface area contributed by atoms with Crippen molar-refractivity contribution in [1.29, 1.82) is 0 Å². The summed E-state index contributed by atoms with van der Waals surface area (Å²) < 4.78 is 13.2. The summed E-state index contributed by atoms with van der Waals surface area (Å²) in [7, 11) is 1.95. The Kier molecular flexibility index (Phi) is 4.37. The van der Waals surface area contributed by atoms with Gasteiger partial charge in [0, 0.05) is 18.1 Å². The smallest absolute Gasteiger partial charge is 0.301 e. The number of aliphatic imine (C=N–C) groups is 1. The Hall–Kier alpha value is -1.70. The van der Waals surface area contributed by atoms with Gasteiger partial charge >= 0.3 is 5.95 Å². The molecule has 0 spiro atoms. The standard InChI is InChI=1S/C20H22BrClN4O2/c1-12-7-20(4-3-5-26(20)8-12)10-27-15-9-25(2)19-16-14(28-15)6-13(21)17(22)18(16)23-11-24-19/h6,9,23H,1,3-5,7-8,10-11H2,2H3/t20-/m0/s1. The third-order valence-electron chi connectivity index (χ3n) is 5.95. The third-order valence-corrected chi connectivity index (χ3v) is 7.20. The second-order valence-electron chi connectivity index (χ2n) is 7.86. The number of hydrogen-bond donors (Lipinski definition) is 1. The fraction of sp³-hybridized carbons (Fsp3) is 0.450. The van der Waals surface area contributed by atoms with Gasteiger partial charge in [-0.1, -0.05) is 23.8 Å². The molecule has 0 bridgehead atoms. The largest absolute Gasteiger partial charge is 0.462 e. The highest BCUT2D eigenvalue weighted by molar-refractivity contribution is 9.10. The maximum absolute atomic E-state index is 6.49. The van der Waals surface area contributed by atoms with Crippen LogP contribution in [0.15, 0.2) is 39.8 Å². The van der Waals surface area contributed by atoms with E-state index in [9.17, 15) is 0 Å². The van der Waals surface area contributed by atoms with E-state index in [4.69, 9.17) is 21.1 Å². The maximum atomic E-state index is 6.49. The number of nitrogens with one attached hydrogen (secondary N) is 1. The van der Waals surface area contributed by atoms with Crippen LogP contribution in [0.5, 0.6) is 5.75 Å². The number of benzene rings is 1. The van der Waals surface area contributed by atoms with Crippen LogP contribution in [-0.4, -0.2) is 54.6 Å². The minimum Gasteiger partial charge on any atom is -0.462 e. The van der Waals surface area contributed by atoms with Gasteiger partial charge in [-0.05, 0) is 47.8 Å². The van der Waals surface area contributed by atoms with Crippen molar-refractivity contribution in [2.75, 3.05) is 38.7 Å². The molecule has 0 aliphatic carbocycles. The van der Waals surface area contributed by atoms with E-state index in [0.29, 0.717) is 30.0 Å². The molecule has 2 saturated heterocycles. The highest BCUT2D eigenvalue weighted by Gasteiger charge is 2.46. The van der Waals surface area contributed by atoms with Crippen molar-refractivity contribution in [3.8, 4) is 5.75 Å². The lowest BCUT2D eigenvalue weighted by molar-refractivity contribution is 0.0278. The summed E-state index contributed by atoms with van der Waals surface area (Å²) in [5.41, 5.74) is 3.01. The summed E-state index contributed by atoms with van der Waals surface area (Å²) in [5.74, 6) is 1.95. The highest BCUT2D eigenvalue weighted by atomic mass is 79.9. The number of halogens is 2. The van der Waals surface area contributed by atoms with Crippen molar-refractivity contribution in [2.24, 2.45) is 4.99 Å². The molecule has 0 amide bonds. The molecular weight excluding hydrogens is 444 g/mol. The molecule has 1 atom stereocenters. The molecular formula is C20H22BrClN4O2. The van der Waals surface area contributed by atoms with E-state index in [1.807, 2.05) is 24.2 Å². The molecule has 1 aromatic carbocycles. The molecule has 4 aliphatic rings. The second-order valence-corrected chi connectivity index (χ2v) is 9.10. The van der Waals surface area contributed by atoms with Crippen LogP contribution in [0.25, 0.3) is 0 Å². The molecule has 8 heteroatoms. The predicted molar refractivity (Wildman–Crippen MR) is 114 cm³/mol. The summed E-state index contributed by atoms with van der Waals surface area (Å²) in [6, 6.07) is 1.87. The first-order valence-electron chi connectivity index (χ1n) is 9.44. The lowest BCUT2D eigenvalue weighted by Crippen LogP contribution is -2.42. The Morgan fingerprint density at radius 3 is 3.21 bits per heavy atom. The first kappa shape index (κ1) is 18.3. The molecule has 148 valence electrons. The highest BCUT2D eigenvalue weighted by Crippen LogP contribution is 2.44. The van der Waals surface area contributed by atoms with Crippen LogP contribution < -0.4 is 10.1 Å². The van der Waals surface area contributed by atoms with Gasteiger partial charge in [0.15, 0.2) is 0 Å². The first-order chi connectivity index (χ1) is 13.5. The van der Waals surface area contributed by atoms with Crippen LogP contribution in [0.2, 0.25) is 5.02 Å². The van der Waals surface area contributed by atoms with E-state index in [1.165, 1.54) is 12.0 Å². The van der Waals surface area contributed by atoms with E-state index in [0.717, 1.165) is 47.5 Å².